The minimum atomic E-state index is -0.562. The van der Waals surface area contributed by atoms with Gasteiger partial charge in [0.1, 0.15) is 10.7 Å². The molecule has 1 N–H and O–H groups in total. The van der Waals surface area contributed by atoms with Crippen LogP contribution < -0.4 is 5.32 Å². The fraction of sp³-hybridized carbons (Fsp3) is 0.476. The summed E-state index contributed by atoms with van der Waals surface area (Å²) in [6, 6.07) is 3.19. The van der Waals surface area contributed by atoms with E-state index >= 15 is 0 Å². The fourth-order valence-corrected chi connectivity index (χ4v) is 2.68. The van der Waals surface area contributed by atoms with Crippen molar-refractivity contribution in [1.29, 1.82) is 0 Å². The Labute approximate surface area is 172 Å². The smallest absolute Gasteiger partial charge is 0.406 e. The topological polar surface area (TPSA) is 97.9 Å². The minimum absolute atomic E-state index is 0.201. The van der Waals surface area contributed by atoms with Crippen LogP contribution in [0.4, 0.5) is 5.88 Å². The summed E-state index contributed by atoms with van der Waals surface area (Å²) >= 11 is 0. The van der Waals surface area contributed by atoms with Crippen molar-refractivity contribution < 1.29 is 18.9 Å². The van der Waals surface area contributed by atoms with E-state index in [4.69, 9.17) is 4.74 Å². The second-order valence-electron chi connectivity index (χ2n) is 6.56. The summed E-state index contributed by atoms with van der Waals surface area (Å²) in [6.45, 7) is 10.0. The zero-order valence-electron chi connectivity index (χ0n) is 17.4. The number of furan rings is 1. The average Bonchev–Trinajstić information content (AvgIpc) is 2.97. The number of hydrogen-bond acceptors (Lipinski definition) is 6. The molecule has 0 radical (unpaired) electrons. The van der Waals surface area contributed by atoms with Crippen molar-refractivity contribution in [3.05, 3.63) is 64.0 Å². The lowest BCUT2D eigenvalue weighted by Gasteiger charge is -2.25. The van der Waals surface area contributed by atoms with Crippen LogP contribution in [0.2, 0.25) is 0 Å². The highest BCUT2D eigenvalue weighted by atomic mass is 16.6. The van der Waals surface area contributed by atoms with Gasteiger partial charge in [-0.25, -0.2) is 0 Å². The van der Waals surface area contributed by atoms with Crippen molar-refractivity contribution in [3.63, 3.8) is 0 Å². The fourth-order valence-electron chi connectivity index (χ4n) is 2.68. The van der Waals surface area contributed by atoms with Crippen LogP contribution in [0.5, 0.6) is 0 Å². The van der Waals surface area contributed by atoms with Crippen LogP contribution in [0.15, 0.2) is 52.5 Å². The monoisotopic (exact) mass is 405 g/mol. The maximum absolute atomic E-state index is 10.2. The van der Waals surface area contributed by atoms with Gasteiger partial charge in [-0.05, 0) is 33.3 Å². The van der Waals surface area contributed by atoms with Gasteiger partial charge >= 0.3 is 5.88 Å². The van der Waals surface area contributed by atoms with Crippen LogP contribution in [-0.4, -0.2) is 55.1 Å². The van der Waals surface area contributed by atoms with Crippen molar-refractivity contribution in [2.45, 2.75) is 33.2 Å². The van der Waals surface area contributed by atoms with E-state index in [9.17, 15) is 14.9 Å². The first kappa shape index (κ1) is 24.3. The second-order valence-corrected chi connectivity index (χ2v) is 6.56. The summed E-state index contributed by atoms with van der Waals surface area (Å²) < 4.78 is 10.1. The zero-order valence-corrected chi connectivity index (χ0v) is 17.4. The summed E-state index contributed by atoms with van der Waals surface area (Å²) in [4.78, 5) is 22.0. The van der Waals surface area contributed by atoms with Crippen LogP contribution in [0.3, 0.4) is 0 Å². The molecule has 0 aliphatic carbocycles. The Morgan fingerprint density at radius 2 is 2.14 bits per heavy atom. The molecule has 2 heterocycles. The number of rotatable bonds is 8. The van der Waals surface area contributed by atoms with E-state index < -0.39 is 4.92 Å². The van der Waals surface area contributed by atoms with Crippen molar-refractivity contribution in [1.82, 2.24) is 10.2 Å². The molecule has 1 fully saturated rings. The third-order valence-electron chi connectivity index (χ3n) is 4.13. The van der Waals surface area contributed by atoms with Gasteiger partial charge in [0, 0.05) is 32.3 Å². The van der Waals surface area contributed by atoms with Gasteiger partial charge in [-0.3, -0.25) is 19.8 Å². The van der Waals surface area contributed by atoms with Crippen LogP contribution >= 0.6 is 0 Å². The number of ether oxygens (including phenoxy) is 1. The average molecular weight is 405 g/mol. The van der Waals surface area contributed by atoms with Gasteiger partial charge in [-0.15, -0.1) is 0 Å². The highest BCUT2D eigenvalue weighted by Crippen LogP contribution is 2.13. The highest BCUT2D eigenvalue weighted by Gasteiger charge is 2.14. The van der Waals surface area contributed by atoms with Crippen LogP contribution in [0.1, 0.15) is 26.0 Å². The first-order valence-electron chi connectivity index (χ1n) is 9.64. The Bertz CT molecular complexity index is 701. The summed E-state index contributed by atoms with van der Waals surface area (Å²) in [5, 5.41) is 12.6. The summed E-state index contributed by atoms with van der Waals surface area (Å²) in [6.07, 6.45) is 12.4. The molecule has 1 amide bonds. The maximum atomic E-state index is 10.2. The lowest BCUT2D eigenvalue weighted by Crippen LogP contribution is -2.34. The molecule has 1 aromatic heterocycles. The van der Waals surface area contributed by atoms with Gasteiger partial charge in [0.25, 0.3) is 0 Å². The zero-order chi connectivity index (χ0) is 21.5. The molecule has 8 nitrogen and oxygen atoms in total. The normalized spacial score (nSPS) is 16.9. The number of nitro groups is 1. The number of allylic oxidation sites excluding steroid dienone is 3. The SMILES string of the molecule is C/C=C\C(C=C/C=C(\C)CNC=O)N1CCCOCC1.Cc1ccc([N+](=O)[O-])o1. The Morgan fingerprint density at radius 3 is 2.72 bits per heavy atom. The van der Waals surface area contributed by atoms with Crippen molar-refractivity contribution in [2.24, 2.45) is 0 Å². The van der Waals surface area contributed by atoms with E-state index in [2.05, 4.69) is 38.9 Å². The molecule has 1 atom stereocenters. The number of aryl methyl sites for hydroxylation is 1. The van der Waals surface area contributed by atoms with E-state index in [1.807, 2.05) is 19.9 Å². The molecule has 0 spiro atoms. The molecule has 1 unspecified atom stereocenters. The third kappa shape index (κ3) is 10.4. The van der Waals surface area contributed by atoms with E-state index in [1.165, 1.54) is 6.07 Å². The van der Waals surface area contributed by atoms with E-state index in [-0.39, 0.29) is 5.88 Å². The number of carbonyl (C=O) groups excluding carboxylic acids is 1. The van der Waals surface area contributed by atoms with Crippen molar-refractivity contribution in [2.75, 3.05) is 32.8 Å². The summed E-state index contributed by atoms with van der Waals surface area (Å²) in [5.41, 5.74) is 1.13. The molecule has 1 aliphatic rings. The molecular formula is C21H31N3O5. The second kappa shape index (κ2) is 14.3. The van der Waals surface area contributed by atoms with E-state index in [0.29, 0.717) is 18.3 Å². The van der Waals surface area contributed by atoms with Gasteiger partial charge in [-0.2, -0.15) is 0 Å². The van der Waals surface area contributed by atoms with E-state index in [1.54, 1.807) is 13.0 Å². The Hall–Kier alpha value is -2.71. The maximum Gasteiger partial charge on any atom is 0.433 e. The predicted molar refractivity (Wildman–Crippen MR) is 113 cm³/mol. The standard InChI is InChI=1S/C16H26N2O2.C5H5NO3/c1-3-6-16(18-9-5-11-20-12-10-18)8-4-7-15(2)13-17-14-19;1-4-2-3-5(9-4)6(7)8/h3-4,6-8,14,16H,5,9-13H2,1-2H3,(H,17,19);2-3H,1H3/b6-3-,8-4?,15-7+;. The Balaban J connectivity index is 0.000000387. The van der Waals surface area contributed by atoms with Crippen molar-refractivity contribution >= 4 is 12.3 Å². The first-order valence-corrected chi connectivity index (χ1v) is 9.64. The van der Waals surface area contributed by atoms with Crippen LogP contribution in [0, 0.1) is 17.0 Å². The van der Waals surface area contributed by atoms with Crippen molar-refractivity contribution in [3.8, 4) is 0 Å². The lowest BCUT2D eigenvalue weighted by atomic mass is 10.1. The van der Waals surface area contributed by atoms with Crippen LogP contribution in [-0.2, 0) is 9.53 Å². The minimum Gasteiger partial charge on any atom is -0.406 e. The highest BCUT2D eigenvalue weighted by molar-refractivity contribution is 5.46. The number of nitrogens with one attached hydrogen (secondary N) is 1. The number of hydrogen-bond donors (Lipinski definition) is 1. The van der Waals surface area contributed by atoms with Gasteiger partial charge in [0.15, 0.2) is 0 Å². The molecule has 8 heteroatoms. The first-order chi connectivity index (χ1) is 14.0. The largest absolute Gasteiger partial charge is 0.433 e. The van der Waals surface area contributed by atoms with Crippen LogP contribution in [0.25, 0.3) is 0 Å². The molecule has 1 aliphatic heterocycles. The number of nitrogens with zero attached hydrogens (tertiary/aromatic N) is 2. The molecule has 160 valence electrons. The lowest BCUT2D eigenvalue weighted by molar-refractivity contribution is -0.402. The predicted octanol–water partition coefficient (Wildman–Crippen LogP) is 3.40. The van der Waals surface area contributed by atoms with Gasteiger partial charge in [0.05, 0.1) is 12.7 Å². The molecular weight excluding hydrogens is 374 g/mol. The summed E-state index contributed by atoms with van der Waals surface area (Å²) in [7, 11) is 0. The Morgan fingerprint density at radius 1 is 1.34 bits per heavy atom. The summed E-state index contributed by atoms with van der Waals surface area (Å²) in [5.74, 6) is 0.356. The molecule has 29 heavy (non-hydrogen) atoms. The quantitative estimate of drug-likeness (QED) is 0.234. The van der Waals surface area contributed by atoms with Gasteiger partial charge in [0.2, 0.25) is 6.41 Å². The Kier molecular flexibility index (Phi) is 12.0. The number of amides is 1. The van der Waals surface area contributed by atoms with Gasteiger partial charge in [-0.1, -0.05) is 36.0 Å². The molecule has 1 saturated heterocycles. The molecule has 1 aromatic rings. The third-order valence-corrected chi connectivity index (χ3v) is 4.13. The molecule has 0 aromatic carbocycles. The molecule has 0 saturated carbocycles. The van der Waals surface area contributed by atoms with Gasteiger partial charge < -0.3 is 14.5 Å². The molecule has 2 rings (SSSR count). The van der Waals surface area contributed by atoms with E-state index in [0.717, 1.165) is 44.7 Å². The number of carbonyl (C=O) groups is 1. The molecule has 0 bridgehead atoms.